The second-order valence-electron chi connectivity index (χ2n) is 7.50. The maximum absolute atomic E-state index is 12.5. The molecule has 0 bridgehead atoms. The molecule has 1 unspecified atom stereocenters. The van der Waals surface area contributed by atoms with Crippen LogP contribution >= 0.6 is 11.6 Å². The van der Waals surface area contributed by atoms with Crippen LogP contribution in [0.15, 0.2) is 66.7 Å². The van der Waals surface area contributed by atoms with Crippen LogP contribution < -0.4 is 9.62 Å². The van der Waals surface area contributed by atoms with Crippen molar-refractivity contribution in [2.75, 3.05) is 23.7 Å². The summed E-state index contributed by atoms with van der Waals surface area (Å²) in [6, 6.07) is 20.9. The molecule has 5 nitrogen and oxygen atoms in total. The molecular weight excluding hydrogens is 420 g/mol. The number of fused-ring (bicyclic) bond motifs is 1. The van der Waals surface area contributed by atoms with Crippen LogP contribution in [0.1, 0.15) is 12.5 Å². The van der Waals surface area contributed by atoms with Crippen LogP contribution in [0.3, 0.4) is 0 Å². The normalized spacial score (nSPS) is 12.5. The number of nitrogens with one attached hydrogen (secondary N) is 1. The van der Waals surface area contributed by atoms with Gasteiger partial charge >= 0.3 is 0 Å². The molecule has 0 radical (unpaired) electrons. The van der Waals surface area contributed by atoms with Crippen molar-refractivity contribution in [3.8, 4) is 0 Å². The molecule has 1 amide bonds. The van der Waals surface area contributed by atoms with E-state index in [0.717, 1.165) is 17.0 Å². The lowest BCUT2D eigenvalue weighted by Gasteiger charge is -2.22. The first kappa shape index (κ1) is 22.1. The summed E-state index contributed by atoms with van der Waals surface area (Å²) in [6.07, 6.45) is 1.88. The summed E-state index contributed by atoms with van der Waals surface area (Å²) < 4.78 is 25.4. The zero-order valence-corrected chi connectivity index (χ0v) is 18.6. The molecule has 30 heavy (non-hydrogen) atoms. The summed E-state index contributed by atoms with van der Waals surface area (Å²) in [6.45, 7) is 2.22. The van der Waals surface area contributed by atoms with Gasteiger partial charge < -0.3 is 5.32 Å². The maximum atomic E-state index is 12.5. The first-order valence-electron chi connectivity index (χ1n) is 9.70. The highest BCUT2D eigenvalue weighted by molar-refractivity contribution is 7.92. The summed E-state index contributed by atoms with van der Waals surface area (Å²) in [5.74, 6) is -0.164. The lowest BCUT2D eigenvalue weighted by Crippen LogP contribution is -2.41. The molecule has 3 aromatic carbocycles. The number of carbonyl (C=O) groups is 1. The van der Waals surface area contributed by atoms with Crippen molar-refractivity contribution in [1.29, 1.82) is 0 Å². The number of hydrogen-bond acceptors (Lipinski definition) is 3. The van der Waals surface area contributed by atoms with Crippen LogP contribution in [0.4, 0.5) is 5.69 Å². The van der Waals surface area contributed by atoms with Crippen LogP contribution in [0.25, 0.3) is 10.8 Å². The molecule has 0 heterocycles. The summed E-state index contributed by atoms with van der Waals surface area (Å²) in [5, 5.41) is 5.67. The van der Waals surface area contributed by atoms with Crippen molar-refractivity contribution in [2.45, 2.75) is 13.3 Å². The third kappa shape index (κ3) is 5.74. The molecule has 0 saturated heterocycles. The zero-order chi connectivity index (χ0) is 21.7. The van der Waals surface area contributed by atoms with Gasteiger partial charge in [0.1, 0.15) is 6.54 Å². The molecule has 158 valence electrons. The van der Waals surface area contributed by atoms with Crippen molar-refractivity contribution in [3.63, 3.8) is 0 Å². The fourth-order valence-electron chi connectivity index (χ4n) is 3.42. The van der Waals surface area contributed by atoms with Gasteiger partial charge in [-0.3, -0.25) is 9.10 Å². The number of nitrogens with zero attached hydrogens (tertiary/aromatic N) is 1. The summed E-state index contributed by atoms with van der Waals surface area (Å²) in [4.78, 5) is 12.5. The topological polar surface area (TPSA) is 66.5 Å². The molecule has 3 rings (SSSR count). The lowest BCUT2D eigenvalue weighted by atomic mass is 9.96. The van der Waals surface area contributed by atoms with Gasteiger partial charge in [0.25, 0.3) is 0 Å². The Kier molecular flexibility index (Phi) is 7.00. The monoisotopic (exact) mass is 444 g/mol. The predicted molar refractivity (Wildman–Crippen MR) is 123 cm³/mol. The van der Waals surface area contributed by atoms with Gasteiger partial charge in [-0.15, -0.1) is 0 Å². The summed E-state index contributed by atoms with van der Waals surface area (Å²) in [5.41, 5.74) is 1.59. The standard InChI is InChI=1S/C23H25ClN2O3S/c1-17(13-19-9-5-8-18-7-3-4-12-22(18)19)15-25-23(27)16-26(30(2,28)29)21-11-6-10-20(24)14-21/h3-12,14,17H,13,15-16H2,1-2H3,(H,25,27). The van der Waals surface area contributed by atoms with Crippen molar-refractivity contribution < 1.29 is 13.2 Å². The number of sulfonamides is 1. The van der Waals surface area contributed by atoms with Crippen molar-refractivity contribution in [2.24, 2.45) is 5.92 Å². The molecule has 3 aromatic rings. The number of anilines is 1. The van der Waals surface area contributed by atoms with Crippen LogP contribution in [0, 0.1) is 5.92 Å². The van der Waals surface area contributed by atoms with E-state index < -0.39 is 10.0 Å². The van der Waals surface area contributed by atoms with Gasteiger partial charge in [-0.25, -0.2) is 8.42 Å². The average Bonchev–Trinajstić information content (AvgIpc) is 2.70. The van der Waals surface area contributed by atoms with E-state index in [1.165, 1.54) is 22.4 Å². The molecule has 7 heteroatoms. The fraction of sp³-hybridized carbons (Fsp3) is 0.261. The second-order valence-corrected chi connectivity index (χ2v) is 9.84. The first-order chi connectivity index (χ1) is 14.2. The van der Waals surface area contributed by atoms with Gasteiger partial charge in [-0.2, -0.15) is 0 Å². The Morgan fingerprint density at radius 3 is 2.50 bits per heavy atom. The molecule has 0 saturated carbocycles. The lowest BCUT2D eigenvalue weighted by molar-refractivity contribution is -0.119. The van der Waals surface area contributed by atoms with Crippen LogP contribution in [-0.4, -0.2) is 33.7 Å². The van der Waals surface area contributed by atoms with Gasteiger partial charge in [-0.05, 0) is 46.9 Å². The average molecular weight is 445 g/mol. The second kappa shape index (κ2) is 9.49. The van der Waals surface area contributed by atoms with Crippen LogP contribution in [-0.2, 0) is 21.2 Å². The van der Waals surface area contributed by atoms with E-state index in [2.05, 4.69) is 36.5 Å². The van der Waals surface area contributed by atoms with E-state index in [1.54, 1.807) is 18.2 Å². The maximum Gasteiger partial charge on any atom is 0.240 e. The first-order valence-corrected chi connectivity index (χ1v) is 11.9. The van der Waals surface area contributed by atoms with Crippen LogP contribution in [0.5, 0.6) is 0 Å². The quantitative estimate of drug-likeness (QED) is 0.564. The number of amides is 1. The number of carbonyl (C=O) groups excluding carboxylic acids is 1. The third-order valence-electron chi connectivity index (χ3n) is 4.88. The Balaban J connectivity index is 1.62. The van der Waals surface area contributed by atoms with Crippen LogP contribution in [0.2, 0.25) is 5.02 Å². The molecule has 0 aliphatic rings. The Morgan fingerprint density at radius 2 is 1.77 bits per heavy atom. The molecule has 0 spiro atoms. The summed E-state index contributed by atoms with van der Waals surface area (Å²) >= 11 is 5.97. The van der Waals surface area contributed by atoms with E-state index in [0.29, 0.717) is 17.3 Å². The minimum Gasteiger partial charge on any atom is -0.354 e. The third-order valence-corrected chi connectivity index (χ3v) is 6.26. The largest absolute Gasteiger partial charge is 0.354 e. The number of hydrogen-bond donors (Lipinski definition) is 1. The van der Waals surface area contributed by atoms with Gasteiger partial charge in [0, 0.05) is 11.6 Å². The van der Waals surface area contributed by atoms with E-state index >= 15 is 0 Å². The zero-order valence-electron chi connectivity index (χ0n) is 17.0. The SMILES string of the molecule is CC(CNC(=O)CN(c1cccc(Cl)c1)S(C)(=O)=O)Cc1cccc2ccccc12. The number of benzene rings is 3. The van der Waals surface area contributed by atoms with Crippen molar-refractivity contribution in [1.82, 2.24) is 5.32 Å². The van der Waals surface area contributed by atoms with Gasteiger partial charge in [-0.1, -0.05) is 67.1 Å². The highest BCUT2D eigenvalue weighted by Crippen LogP contribution is 2.22. The molecule has 0 aliphatic carbocycles. The summed E-state index contributed by atoms with van der Waals surface area (Å²) in [7, 11) is -3.63. The van der Waals surface area contributed by atoms with Gasteiger partial charge in [0.05, 0.1) is 11.9 Å². The molecule has 1 atom stereocenters. The van der Waals surface area contributed by atoms with Crippen molar-refractivity contribution >= 4 is 44.0 Å². The molecule has 0 fully saturated rings. The van der Waals surface area contributed by atoms with Gasteiger partial charge in [0.2, 0.25) is 15.9 Å². The Labute approximate surface area is 182 Å². The Hall–Kier alpha value is -2.57. The minimum absolute atomic E-state index is 0.192. The highest BCUT2D eigenvalue weighted by atomic mass is 35.5. The Morgan fingerprint density at radius 1 is 1.07 bits per heavy atom. The highest BCUT2D eigenvalue weighted by Gasteiger charge is 2.21. The fourth-order valence-corrected chi connectivity index (χ4v) is 4.46. The predicted octanol–water partition coefficient (Wildman–Crippen LogP) is 4.25. The molecular formula is C23H25ClN2O3S. The number of rotatable bonds is 8. The van der Waals surface area contributed by atoms with E-state index in [-0.39, 0.29) is 18.4 Å². The number of halogens is 1. The minimum atomic E-state index is -3.63. The van der Waals surface area contributed by atoms with E-state index in [1.807, 2.05) is 18.2 Å². The van der Waals surface area contributed by atoms with E-state index in [4.69, 9.17) is 11.6 Å². The smallest absolute Gasteiger partial charge is 0.240 e. The van der Waals surface area contributed by atoms with Gasteiger partial charge in [0.15, 0.2) is 0 Å². The molecule has 0 aromatic heterocycles. The van der Waals surface area contributed by atoms with Crippen molar-refractivity contribution in [3.05, 3.63) is 77.3 Å². The van der Waals surface area contributed by atoms with E-state index in [9.17, 15) is 13.2 Å². The molecule has 0 aliphatic heterocycles. The molecule has 1 N–H and O–H groups in total. The Bertz CT molecular complexity index is 1140.